The molecule has 0 unspecified atom stereocenters. The molecule has 0 atom stereocenters. The van der Waals surface area contributed by atoms with Gasteiger partial charge in [0.25, 0.3) is 0 Å². The number of hydrogen-bond donors (Lipinski definition) is 2. The quantitative estimate of drug-likeness (QED) is 0.611. The second kappa shape index (κ2) is 9.34. The largest absolute Gasteiger partial charge is 0.492 e. The number of benzene rings is 1. The molecule has 1 amide bonds. The summed E-state index contributed by atoms with van der Waals surface area (Å²) in [4.78, 5) is 12.1. The molecule has 0 saturated heterocycles. The van der Waals surface area contributed by atoms with E-state index in [-0.39, 0.29) is 17.3 Å². The zero-order chi connectivity index (χ0) is 19.2. The maximum Gasteiger partial charge on any atom is 0.246 e. The lowest BCUT2D eigenvalue weighted by atomic mass is 10.3. The summed E-state index contributed by atoms with van der Waals surface area (Å²) in [5, 5.41) is 5.87. The van der Waals surface area contributed by atoms with Crippen LogP contribution in [-0.4, -0.2) is 51.4 Å². The summed E-state index contributed by atoms with van der Waals surface area (Å²) in [6.45, 7) is 7.53. The van der Waals surface area contributed by atoms with E-state index in [2.05, 4.69) is 10.6 Å². The molecule has 7 nitrogen and oxygen atoms in total. The minimum atomic E-state index is -3.69. The van der Waals surface area contributed by atoms with Crippen molar-refractivity contribution in [2.75, 3.05) is 38.1 Å². The molecule has 1 fully saturated rings. The molecule has 1 aromatic rings. The summed E-state index contributed by atoms with van der Waals surface area (Å²) in [5.74, 6) is 0.796. The number of sulfonamides is 1. The molecule has 8 heteroatoms. The third kappa shape index (κ3) is 5.43. The Morgan fingerprint density at radius 1 is 1.23 bits per heavy atom. The van der Waals surface area contributed by atoms with Crippen LogP contribution in [0.1, 0.15) is 33.6 Å². The highest BCUT2D eigenvalue weighted by Gasteiger charge is 2.26. The van der Waals surface area contributed by atoms with Crippen LogP contribution < -0.4 is 15.4 Å². The van der Waals surface area contributed by atoms with Gasteiger partial charge in [0.1, 0.15) is 10.6 Å². The Morgan fingerprint density at radius 3 is 2.50 bits per heavy atom. The predicted molar refractivity (Wildman–Crippen MR) is 102 cm³/mol. The number of rotatable bonds is 11. The molecule has 0 heterocycles. The van der Waals surface area contributed by atoms with Crippen LogP contribution in [0, 0.1) is 5.92 Å². The summed E-state index contributed by atoms with van der Waals surface area (Å²) >= 11 is 0. The summed E-state index contributed by atoms with van der Waals surface area (Å²) in [6, 6.07) is 4.72. The van der Waals surface area contributed by atoms with Crippen molar-refractivity contribution < 1.29 is 17.9 Å². The minimum Gasteiger partial charge on any atom is -0.492 e. The number of amides is 1. The van der Waals surface area contributed by atoms with Gasteiger partial charge in [-0.15, -0.1) is 0 Å². The highest BCUT2D eigenvalue weighted by Crippen LogP contribution is 2.30. The molecular formula is C18H29N3O4S. The second-order valence-corrected chi connectivity index (χ2v) is 8.21. The highest BCUT2D eigenvalue weighted by molar-refractivity contribution is 7.89. The number of nitrogens with one attached hydrogen (secondary N) is 2. The van der Waals surface area contributed by atoms with Gasteiger partial charge in [-0.1, -0.05) is 13.8 Å². The molecule has 2 N–H and O–H groups in total. The number of ether oxygens (including phenoxy) is 1. The maximum atomic E-state index is 12.9. The van der Waals surface area contributed by atoms with Crippen LogP contribution in [-0.2, 0) is 14.8 Å². The van der Waals surface area contributed by atoms with E-state index < -0.39 is 10.0 Å². The van der Waals surface area contributed by atoms with Crippen LogP contribution in [0.5, 0.6) is 5.75 Å². The van der Waals surface area contributed by atoms with Gasteiger partial charge in [0, 0.05) is 18.8 Å². The van der Waals surface area contributed by atoms with Crippen molar-refractivity contribution in [2.45, 2.75) is 38.5 Å². The molecule has 0 radical (unpaired) electrons. The summed E-state index contributed by atoms with van der Waals surface area (Å²) < 4.78 is 32.7. The van der Waals surface area contributed by atoms with E-state index in [9.17, 15) is 13.2 Å². The van der Waals surface area contributed by atoms with Gasteiger partial charge in [-0.2, -0.15) is 4.31 Å². The van der Waals surface area contributed by atoms with Crippen LogP contribution in [0.4, 0.5) is 5.69 Å². The zero-order valence-electron chi connectivity index (χ0n) is 15.7. The van der Waals surface area contributed by atoms with Crippen molar-refractivity contribution in [3.05, 3.63) is 18.2 Å². The van der Waals surface area contributed by atoms with Gasteiger partial charge in [-0.25, -0.2) is 8.42 Å². The maximum absolute atomic E-state index is 12.9. The van der Waals surface area contributed by atoms with Crippen molar-refractivity contribution in [3.63, 3.8) is 0 Å². The summed E-state index contributed by atoms with van der Waals surface area (Å²) in [7, 11) is -3.69. The Balaban J connectivity index is 2.16. The fourth-order valence-electron chi connectivity index (χ4n) is 2.68. The first-order valence-corrected chi connectivity index (χ1v) is 10.6. The lowest BCUT2D eigenvalue weighted by molar-refractivity contribution is -0.115. The first kappa shape index (κ1) is 20.7. The Hall–Kier alpha value is -1.64. The fourth-order valence-corrected chi connectivity index (χ4v) is 4.30. The molecule has 1 aromatic carbocycles. The number of nitrogens with zero attached hydrogens (tertiary/aromatic N) is 1. The van der Waals surface area contributed by atoms with Gasteiger partial charge in [0.05, 0.1) is 13.2 Å². The normalized spacial score (nSPS) is 14.5. The predicted octanol–water partition coefficient (Wildman–Crippen LogP) is 2.05. The number of hydrogen-bond acceptors (Lipinski definition) is 5. The van der Waals surface area contributed by atoms with Gasteiger partial charge in [0.2, 0.25) is 15.9 Å². The van der Waals surface area contributed by atoms with Crippen molar-refractivity contribution in [1.82, 2.24) is 9.62 Å². The average molecular weight is 384 g/mol. The Bertz CT molecular complexity index is 713. The van der Waals surface area contributed by atoms with Crippen LogP contribution in [0.25, 0.3) is 0 Å². The van der Waals surface area contributed by atoms with E-state index in [1.54, 1.807) is 32.9 Å². The molecule has 1 aliphatic rings. The molecular weight excluding hydrogens is 354 g/mol. The topological polar surface area (TPSA) is 87.7 Å². The molecule has 0 aliphatic heterocycles. The molecule has 2 rings (SSSR count). The third-order valence-corrected chi connectivity index (χ3v) is 6.34. The van der Waals surface area contributed by atoms with Crippen molar-refractivity contribution >= 4 is 21.6 Å². The molecule has 1 saturated carbocycles. The number of carbonyl (C=O) groups excluding carboxylic acids is 1. The van der Waals surface area contributed by atoms with Crippen molar-refractivity contribution in [1.29, 1.82) is 0 Å². The number of anilines is 1. The molecule has 26 heavy (non-hydrogen) atoms. The molecule has 0 aromatic heterocycles. The molecule has 1 aliphatic carbocycles. The van der Waals surface area contributed by atoms with Crippen molar-refractivity contribution in [3.8, 4) is 5.75 Å². The van der Waals surface area contributed by atoms with E-state index in [0.29, 0.717) is 37.1 Å². The highest BCUT2D eigenvalue weighted by atomic mass is 32.2. The smallest absolute Gasteiger partial charge is 0.246 e. The van der Waals surface area contributed by atoms with Crippen LogP contribution >= 0.6 is 0 Å². The first-order chi connectivity index (χ1) is 12.4. The van der Waals surface area contributed by atoms with E-state index in [0.717, 1.165) is 6.54 Å². The Morgan fingerprint density at radius 2 is 1.92 bits per heavy atom. The molecule has 0 bridgehead atoms. The van der Waals surface area contributed by atoms with Gasteiger partial charge in [-0.3, -0.25) is 4.79 Å². The van der Waals surface area contributed by atoms with Crippen LogP contribution in [0.3, 0.4) is 0 Å². The fraction of sp³-hybridized carbons (Fsp3) is 0.611. The summed E-state index contributed by atoms with van der Waals surface area (Å²) in [6.07, 6.45) is 2.44. The number of carbonyl (C=O) groups is 1. The van der Waals surface area contributed by atoms with E-state index in [1.807, 2.05) is 0 Å². The minimum absolute atomic E-state index is 0.0757. The summed E-state index contributed by atoms with van der Waals surface area (Å²) in [5.41, 5.74) is 0.442. The van der Waals surface area contributed by atoms with Gasteiger partial charge < -0.3 is 15.4 Å². The SMILES string of the molecule is CCOc1ccc(NC(=O)CNCC2CC2)cc1S(=O)(=O)N(CC)CC. The average Bonchev–Trinajstić information content (AvgIpc) is 3.41. The second-order valence-electron chi connectivity index (χ2n) is 6.31. The van der Waals surface area contributed by atoms with Gasteiger partial charge in [-0.05, 0) is 50.4 Å². The van der Waals surface area contributed by atoms with E-state index in [4.69, 9.17) is 4.74 Å². The van der Waals surface area contributed by atoms with Gasteiger partial charge >= 0.3 is 0 Å². The first-order valence-electron chi connectivity index (χ1n) is 9.19. The van der Waals surface area contributed by atoms with E-state index >= 15 is 0 Å². The molecule has 0 spiro atoms. The lowest BCUT2D eigenvalue weighted by Gasteiger charge is -2.21. The molecule has 146 valence electrons. The zero-order valence-corrected chi connectivity index (χ0v) is 16.6. The third-order valence-electron chi connectivity index (χ3n) is 4.27. The Kier molecular flexibility index (Phi) is 7.43. The monoisotopic (exact) mass is 383 g/mol. The standard InChI is InChI=1S/C18H29N3O4S/c1-4-21(5-2)26(23,24)17-11-15(9-10-16(17)25-6-3)20-18(22)13-19-12-14-7-8-14/h9-11,14,19H,4-8,12-13H2,1-3H3,(H,20,22). The van der Waals surface area contributed by atoms with Crippen LogP contribution in [0.15, 0.2) is 23.1 Å². The lowest BCUT2D eigenvalue weighted by Crippen LogP contribution is -2.31. The van der Waals surface area contributed by atoms with E-state index in [1.165, 1.54) is 23.2 Å². The van der Waals surface area contributed by atoms with Crippen molar-refractivity contribution in [2.24, 2.45) is 5.92 Å². The Labute approximate surface area is 156 Å². The van der Waals surface area contributed by atoms with Crippen LogP contribution in [0.2, 0.25) is 0 Å². The van der Waals surface area contributed by atoms with Gasteiger partial charge in [0.15, 0.2) is 0 Å².